The summed E-state index contributed by atoms with van der Waals surface area (Å²) in [6.07, 6.45) is 1.88. The monoisotopic (exact) mass is 472 g/mol. The van der Waals surface area contributed by atoms with Gasteiger partial charge < -0.3 is 24.8 Å². The molecule has 2 aromatic carbocycles. The van der Waals surface area contributed by atoms with E-state index in [1.54, 1.807) is 0 Å². The quantitative estimate of drug-likeness (QED) is 0.146. The van der Waals surface area contributed by atoms with Gasteiger partial charge in [-0.2, -0.15) is 35.4 Å². The molecule has 0 fully saturated rings. The van der Waals surface area contributed by atoms with Crippen LogP contribution in [0.1, 0.15) is 38.3 Å². The molecule has 2 aromatic rings. The largest absolute Gasteiger partial charge is 3.00 e. The van der Waals surface area contributed by atoms with E-state index < -0.39 is 34.8 Å². The number of halogens is 7. The predicted molar refractivity (Wildman–Crippen MR) is 86.7 cm³/mol. The molecule has 28 heavy (non-hydrogen) atoms. The first-order valence-electron chi connectivity index (χ1n) is 7.68. The van der Waals surface area contributed by atoms with E-state index in [0.717, 1.165) is 17.3 Å². The van der Waals surface area contributed by atoms with Gasteiger partial charge in [-0.25, -0.2) is 22.0 Å². The first-order chi connectivity index (χ1) is 11.6. The Morgan fingerprint density at radius 1 is 0.893 bits per heavy atom. The molecule has 0 unspecified atom stereocenters. The van der Waals surface area contributed by atoms with Crippen molar-refractivity contribution in [1.29, 1.82) is 0 Å². The third-order valence-corrected chi connectivity index (χ3v) is 3.61. The van der Waals surface area contributed by atoms with Crippen molar-refractivity contribution in [2.24, 2.45) is 4.99 Å². The van der Waals surface area contributed by atoms with Crippen LogP contribution in [0.4, 0.5) is 27.6 Å². The Hall–Kier alpha value is -0.946. The van der Waals surface area contributed by atoms with Gasteiger partial charge in [0.1, 0.15) is 5.69 Å². The van der Waals surface area contributed by atoms with E-state index in [1.165, 1.54) is 0 Å². The molecule has 2 rings (SSSR count). The maximum atomic E-state index is 13.5. The first-order valence-corrected chi connectivity index (χ1v) is 7.68. The molecule has 0 atom stereocenters. The number of benzene rings is 2. The minimum absolute atomic E-state index is 0. The van der Waals surface area contributed by atoms with Crippen LogP contribution in [0.3, 0.4) is 0 Å². The van der Waals surface area contributed by atoms with Crippen LogP contribution in [0, 0.1) is 35.2 Å². The van der Waals surface area contributed by atoms with Crippen molar-refractivity contribution < 1.29 is 68.5 Å². The maximum absolute atomic E-state index is 13.5. The molecule has 0 aliphatic heterocycles. The number of rotatable bonds is 4. The van der Waals surface area contributed by atoms with Crippen LogP contribution in [0.15, 0.2) is 23.2 Å². The maximum Gasteiger partial charge on any atom is 3.00 e. The molecule has 0 aliphatic rings. The van der Waals surface area contributed by atoms with Crippen molar-refractivity contribution in [3.05, 3.63) is 64.5 Å². The van der Waals surface area contributed by atoms with Crippen LogP contribution in [0.25, 0.3) is 0 Å². The van der Waals surface area contributed by atoms with Crippen LogP contribution in [-0.4, -0.2) is 6.21 Å². The van der Waals surface area contributed by atoms with E-state index in [2.05, 4.69) is 11.1 Å². The number of aryl methyl sites for hydroxylation is 1. The van der Waals surface area contributed by atoms with E-state index in [-0.39, 0.29) is 58.4 Å². The Labute approximate surface area is 188 Å². The molecule has 0 aliphatic carbocycles. The average molecular weight is 473 g/mol. The molecule has 0 bridgehead atoms. The SMILES string of the molecule is CC(C)(C)c1[c-]c(CCC=Nc2c(F)c(F)c(F)c(F)c2F)ccc1.[Cl-].[Cl-].[Ti+3]. The molecule has 0 amide bonds. The fraction of sp³-hybridized carbons (Fsp3) is 0.316. The van der Waals surface area contributed by atoms with Gasteiger partial charge in [-0.05, 0) is 18.3 Å². The Morgan fingerprint density at radius 2 is 1.39 bits per heavy atom. The summed E-state index contributed by atoms with van der Waals surface area (Å²) in [5.74, 6) is -10.1. The number of hydrogen-bond donors (Lipinski definition) is 0. The molecule has 151 valence electrons. The minimum Gasteiger partial charge on any atom is -1.00 e. The summed E-state index contributed by atoms with van der Waals surface area (Å²) in [5.41, 5.74) is 0.640. The number of nitrogens with zero attached hydrogens (tertiary/aromatic N) is 1. The summed E-state index contributed by atoms with van der Waals surface area (Å²) in [6.45, 7) is 6.15. The van der Waals surface area contributed by atoms with Crippen molar-refractivity contribution >= 4 is 11.9 Å². The van der Waals surface area contributed by atoms with E-state index in [0.29, 0.717) is 6.42 Å². The molecule has 9 heteroatoms. The Kier molecular flexibility index (Phi) is 12.4. The normalized spacial score (nSPS) is 10.9. The molecular formula is C19H17Cl2F5NTi. The molecule has 0 spiro atoms. The minimum atomic E-state index is -2.19. The van der Waals surface area contributed by atoms with E-state index in [4.69, 9.17) is 0 Å². The molecule has 1 radical (unpaired) electrons. The van der Waals surface area contributed by atoms with Gasteiger partial charge in [-0.15, -0.1) is 0 Å². The molecule has 1 nitrogen and oxygen atoms in total. The Balaban J connectivity index is 0. The van der Waals surface area contributed by atoms with Crippen LogP contribution < -0.4 is 24.8 Å². The van der Waals surface area contributed by atoms with Gasteiger partial charge in [0.25, 0.3) is 0 Å². The van der Waals surface area contributed by atoms with Crippen molar-refractivity contribution in [3.8, 4) is 0 Å². The van der Waals surface area contributed by atoms with Crippen molar-refractivity contribution in [2.75, 3.05) is 0 Å². The van der Waals surface area contributed by atoms with Crippen molar-refractivity contribution in [2.45, 2.75) is 39.0 Å². The zero-order chi connectivity index (χ0) is 18.8. The van der Waals surface area contributed by atoms with Crippen LogP contribution in [0.5, 0.6) is 0 Å². The zero-order valence-electron chi connectivity index (χ0n) is 15.3. The molecule has 0 saturated carbocycles. The first kappa shape index (κ1) is 29.3. The fourth-order valence-corrected chi connectivity index (χ4v) is 2.18. The smallest absolute Gasteiger partial charge is 1.00 e. The Morgan fingerprint density at radius 3 is 1.89 bits per heavy atom. The predicted octanol–water partition coefficient (Wildman–Crippen LogP) is -0.180. The standard InChI is InChI=1S/C19H17F5N.2ClH.Ti/c1-19(2,3)12-8-4-6-11(10-12)7-5-9-25-18-16(23)14(21)13(20)15(22)17(18)24;;;/h4,6,8-9H,5,7H2,1-3H3;2*1H;/q-1;;;+3/p-2. The van der Waals surface area contributed by atoms with Gasteiger partial charge in [0, 0.05) is 6.21 Å². The molecule has 0 heterocycles. The van der Waals surface area contributed by atoms with Gasteiger partial charge in [0.05, 0.1) is 0 Å². The third kappa shape index (κ3) is 6.83. The van der Waals surface area contributed by atoms with Crippen molar-refractivity contribution in [1.82, 2.24) is 0 Å². The molecule has 0 aromatic heterocycles. The topological polar surface area (TPSA) is 12.4 Å². The van der Waals surface area contributed by atoms with E-state index in [1.807, 2.05) is 39.0 Å². The third-order valence-electron chi connectivity index (χ3n) is 3.61. The molecule has 0 N–H and O–H groups in total. The van der Waals surface area contributed by atoms with Gasteiger partial charge in [0.2, 0.25) is 5.82 Å². The second-order valence-electron chi connectivity index (χ2n) is 6.61. The van der Waals surface area contributed by atoms with Gasteiger partial charge in [-0.3, -0.25) is 4.99 Å². The Bertz CT molecular complexity index is 794. The fourth-order valence-electron chi connectivity index (χ4n) is 2.18. The van der Waals surface area contributed by atoms with Crippen molar-refractivity contribution in [3.63, 3.8) is 0 Å². The second-order valence-corrected chi connectivity index (χ2v) is 6.61. The van der Waals surface area contributed by atoms with Gasteiger partial charge in [0.15, 0.2) is 23.3 Å². The van der Waals surface area contributed by atoms with E-state index >= 15 is 0 Å². The van der Waals surface area contributed by atoms with Crippen LogP contribution in [0.2, 0.25) is 0 Å². The summed E-state index contributed by atoms with van der Waals surface area (Å²) in [4.78, 5) is 3.42. The second kappa shape index (κ2) is 11.9. The summed E-state index contributed by atoms with van der Waals surface area (Å²) < 4.78 is 66.1. The summed E-state index contributed by atoms with van der Waals surface area (Å²) in [7, 11) is 0. The number of aliphatic imine (C=N–C) groups is 1. The van der Waals surface area contributed by atoms with E-state index in [9.17, 15) is 22.0 Å². The summed E-state index contributed by atoms with van der Waals surface area (Å²) >= 11 is 0. The summed E-state index contributed by atoms with van der Waals surface area (Å²) in [6, 6.07) is 8.93. The average Bonchev–Trinajstić information content (AvgIpc) is 2.57. The number of hydrogen-bond acceptors (Lipinski definition) is 1. The molecule has 0 saturated heterocycles. The molecular weight excluding hydrogens is 456 g/mol. The van der Waals surface area contributed by atoms with Gasteiger partial charge in [-0.1, -0.05) is 20.8 Å². The summed E-state index contributed by atoms with van der Waals surface area (Å²) in [5, 5.41) is 0. The van der Waals surface area contributed by atoms with Crippen LogP contribution >= 0.6 is 0 Å². The van der Waals surface area contributed by atoms with Gasteiger partial charge >= 0.3 is 21.7 Å². The zero-order valence-corrected chi connectivity index (χ0v) is 18.4. The van der Waals surface area contributed by atoms with Crippen LogP contribution in [-0.2, 0) is 33.6 Å².